The highest BCUT2D eigenvalue weighted by Gasteiger charge is 2.15. The van der Waals surface area contributed by atoms with E-state index in [4.69, 9.17) is 9.47 Å². The molecule has 16 heavy (non-hydrogen) atoms. The molecule has 0 N–H and O–H groups in total. The van der Waals surface area contributed by atoms with Crippen LogP contribution in [0.25, 0.3) is 0 Å². The smallest absolute Gasteiger partial charge is 0.334 e. The molecular formula is C9H12N2O5. The fourth-order valence-corrected chi connectivity index (χ4v) is 1.21. The van der Waals surface area contributed by atoms with E-state index >= 15 is 0 Å². The quantitative estimate of drug-likeness (QED) is 0.413. The predicted molar refractivity (Wildman–Crippen MR) is 55.2 cm³/mol. The van der Waals surface area contributed by atoms with E-state index in [2.05, 4.69) is 0 Å². The highest BCUT2D eigenvalue weighted by Crippen LogP contribution is 2.03. The highest BCUT2D eigenvalue weighted by molar-refractivity contribution is 5.24. The molecule has 0 aromatic carbocycles. The van der Waals surface area contributed by atoms with E-state index in [0.717, 1.165) is 6.07 Å². The molecule has 0 saturated carbocycles. The molecule has 1 heterocycles. The molecule has 0 aliphatic carbocycles. The number of pyridine rings is 1. The maximum absolute atomic E-state index is 11.6. The molecule has 1 aromatic heterocycles. The molecule has 0 amide bonds. The zero-order chi connectivity index (χ0) is 12.1. The first-order chi connectivity index (χ1) is 7.60. The van der Waals surface area contributed by atoms with Crippen LogP contribution in [0.1, 0.15) is 0 Å². The Hall–Kier alpha value is -1.73. The van der Waals surface area contributed by atoms with Crippen molar-refractivity contribution in [2.75, 3.05) is 14.2 Å². The van der Waals surface area contributed by atoms with Crippen LogP contribution in [0.15, 0.2) is 23.1 Å². The van der Waals surface area contributed by atoms with Crippen LogP contribution < -0.4 is 5.56 Å². The van der Waals surface area contributed by atoms with Gasteiger partial charge < -0.3 is 14.0 Å². The summed E-state index contributed by atoms with van der Waals surface area (Å²) < 4.78 is 11.0. The van der Waals surface area contributed by atoms with Crippen molar-refractivity contribution < 1.29 is 14.4 Å². The fourth-order valence-electron chi connectivity index (χ4n) is 1.21. The van der Waals surface area contributed by atoms with E-state index in [1.54, 1.807) is 0 Å². The number of ether oxygens (including phenoxy) is 2. The van der Waals surface area contributed by atoms with Gasteiger partial charge in [-0.1, -0.05) is 0 Å². The Labute approximate surface area is 91.4 Å². The Balaban J connectivity index is 3.02. The Morgan fingerprint density at radius 2 is 2.12 bits per heavy atom. The van der Waals surface area contributed by atoms with E-state index in [1.807, 2.05) is 0 Å². The molecule has 1 aromatic rings. The lowest BCUT2D eigenvalue weighted by Crippen LogP contribution is -2.29. The first-order valence-electron chi connectivity index (χ1n) is 4.49. The number of hydrogen-bond donors (Lipinski definition) is 0. The van der Waals surface area contributed by atoms with Crippen molar-refractivity contribution in [3.05, 3.63) is 38.8 Å². The summed E-state index contributed by atoms with van der Waals surface area (Å²) in [5.74, 6) is 0. The van der Waals surface area contributed by atoms with Gasteiger partial charge in [0.15, 0.2) is 6.29 Å². The summed E-state index contributed by atoms with van der Waals surface area (Å²) in [5, 5.41) is 10.5. The van der Waals surface area contributed by atoms with Gasteiger partial charge in [0.2, 0.25) is 0 Å². The highest BCUT2D eigenvalue weighted by atomic mass is 16.7. The van der Waals surface area contributed by atoms with E-state index < -0.39 is 22.5 Å². The third-order valence-corrected chi connectivity index (χ3v) is 2.07. The molecule has 0 saturated heterocycles. The summed E-state index contributed by atoms with van der Waals surface area (Å²) in [6.07, 6.45) is 0.833. The van der Waals surface area contributed by atoms with E-state index in [9.17, 15) is 14.9 Å². The maximum atomic E-state index is 11.6. The van der Waals surface area contributed by atoms with Crippen LogP contribution in [-0.4, -0.2) is 30.0 Å². The molecule has 7 nitrogen and oxygen atoms in total. The van der Waals surface area contributed by atoms with Gasteiger partial charge in [0.05, 0.1) is 11.5 Å². The fraction of sp³-hybridized carbons (Fsp3) is 0.444. The zero-order valence-corrected chi connectivity index (χ0v) is 8.95. The average molecular weight is 228 g/mol. The molecule has 1 rings (SSSR count). The van der Waals surface area contributed by atoms with Crippen molar-refractivity contribution in [3.63, 3.8) is 0 Å². The molecule has 0 unspecified atom stereocenters. The van der Waals surface area contributed by atoms with Gasteiger partial charge in [-0.05, 0) is 6.07 Å². The largest absolute Gasteiger partial charge is 0.354 e. The van der Waals surface area contributed by atoms with Crippen LogP contribution in [0.3, 0.4) is 0 Å². The monoisotopic (exact) mass is 228 g/mol. The van der Waals surface area contributed by atoms with Crippen molar-refractivity contribution in [2.24, 2.45) is 0 Å². The second kappa shape index (κ2) is 5.38. The minimum atomic E-state index is -0.715. The van der Waals surface area contributed by atoms with Gasteiger partial charge in [-0.3, -0.25) is 14.9 Å². The standard InChI is InChI=1S/C9H12N2O5/c1-15-8(16-2)6-10-5-3-4-7(9(10)12)11(13)14/h3-5,8H,6H2,1-2H3. The maximum Gasteiger partial charge on any atom is 0.334 e. The summed E-state index contributed by atoms with van der Waals surface area (Å²) in [6, 6.07) is 2.59. The van der Waals surface area contributed by atoms with Gasteiger partial charge in [0.25, 0.3) is 0 Å². The first kappa shape index (κ1) is 12.3. The number of methoxy groups -OCH3 is 2. The van der Waals surface area contributed by atoms with Crippen molar-refractivity contribution in [3.8, 4) is 0 Å². The summed E-state index contributed by atoms with van der Waals surface area (Å²) in [6.45, 7) is 0.105. The topological polar surface area (TPSA) is 83.6 Å². The Morgan fingerprint density at radius 1 is 1.50 bits per heavy atom. The van der Waals surface area contributed by atoms with Crippen LogP contribution >= 0.6 is 0 Å². The molecular weight excluding hydrogens is 216 g/mol. The van der Waals surface area contributed by atoms with Crippen molar-refractivity contribution in [2.45, 2.75) is 12.8 Å². The van der Waals surface area contributed by atoms with Crippen LogP contribution in [0.2, 0.25) is 0 Å². The number of hydrogen-bond acceptors (Lipinski definition) is 5. The average Bonchev–Trinajstić information content (AvgIpc) is 2.27. The van der Waals surface area contributed by atoms with E-state index in [1.165, 1.54) is 31.0 Å². The van der Waals surface area contributed by atoms with Crippen molar-refractivity contribution in [1.29, 1.82) is 0 Å². The second-order valence-electron chi connectivity index (χ2n) is 3.01. The summed E-state index contributed by atoms with van der Waals surface area (Å²) in [4.78, 5) is 21.4. The lowest BCUT2D eigenvalue weighted by Gasteiger charge is -2.14. The second-order valence-corrected chi connectivity index (χ2v) is 3.01. The Morgan fingerprint density at radius 3 is 2.62 bits per heavy atom. The minimum Gasteiger partial charge on any atom is -0.354 e. The van der Waals surface area contributed by atoms with E-state index in [0.29, 0.717) is 0 Å². The Kier molecular flexibility index (Phi) is 4.15. The van der Waals surface area contributed by atoms with Gasteiger partial charge in [0.1, 0.15) is 0 Å². The van der Waals surface area contributed by atoms with Crippen LogP contribution in [-0.2, 0) is 16.0 Å². The van der Waals surface area contributed by atoms with Gasteiger partial charge in [-0.2, -0.15) is 0 Å². The van der Waals surface area contributed by atoms with Gasteiger partial charge in [-0.25, -0.2) is 0 Å². The van der Waals surface area contributed by atoms with Crippen LogP contribution in [0.5, 0.6) is 0 Å². The molecule has 7 heteroatoms. The molecule has 0 aliphatic heterocycles. The predicted octanol–water partition coefficient (Wildman–Crippen LogP) is 0.375. The third-order valence-electron chi connectivity index (χ3n) is 2.07. The number of nitro groups is 1. The molecule has 0 spiro atoms. The molecule has 0 atom stereocenters. The SMILES string of the molecule is COC(Cn1cccc([N+](=O)[O-])c1=O)OC. The van der Waals surface area contributed by atoms with Gasteiger partial charge in [-0.15, -0.1) is 0 Å². The minimum absolute atomic E-state index is 0.105. The van der Waals surface area contributed by atoms with Gasteiger partial charge >= 0.3 is 11.2 Å². The van der Waals surface area contributed by atoms with Crippen LogP contribution in [0.4, 0.5) is 5.69 Å². The Bertz CT molecular complexity index is 424. The van der Waals surface area contributed by atoms with E-state index in [-0.39, 0.29) is 6.54 Å². The summed E-state index contributed by atoms with van der Waals surface area (Å²) in [5.41, 5.74) is -1.14. The number of rotatable bonds is 5. The van der Waals surface area contributed by atoms with Crippen molar-refractivity contribution in [1.82, 2.24) is 4.57 Å². The van der Waals surface area contributed by atoms with Gasteiger partial charge in [0, 0.05) is 26.5 Å². The molecule has 88 valence electrons. The summed E-state index contributed by atoms with van der Waals surface area (Å²) >= 11 is 0. The molecule has 0 aliphatic rings. The van der Waals surface area contributed by atoms with Crippen molar-refractivity contribution >= 4 is 5.69 Å². The first-order valence-corrected chi connectivity index (χ1v) is 4.49. The third kappa shape index (κ3) is 2.65. The normalized spacial score (nSPS) is 10.7. The molecule has 0 bridgehead atoms. The number of nitrogens with zero attached hydrogens (tertiary/aromatic N) is 2. The molecule has 0 fully saturated rings. The molecule has 0 radical (unpaired) electrons. The summed E-state index contributed by atoms with van der Waals surface area (Å²) in [7, 11) is 2.85. The lowest BCUT2D eigenvalue weighted by atomic mass is 10.4. The number of aromatic nitrogens is 1. The van der Waals surface area contributed by atoms with Crippen LogP contribution in [0, 0.1) is 10.1 Å². The zero-order valence-electron chi connectivity index (χ0n) is 8.95. The lowest BCUT2D eigenvalue weighted by molar-refractivity contribution is -0.386.